The number of hydroxylamine groups is 2. The molecule has 5 rings (SSSR count). The van der Waals surface area contributed by atoms with Crippen LogP contribution in [-0.2, 0) is 41.3 Å². The number of hydrogen-bond donors (Lipinski definition) is 2. The number of hydrogen-bond acceptors (Lipinski definition) is 8. The van der Waals surface area contributed by atoms with E-state index in [1.54, 1.807) is 81.6 Å². The van der Waals surface area contributed by atoms with E-state index >= 15 is 0 Å². The van der Waals surface area contributed by atoms with Crippen molar-refractivity contribution in [3.63, 3.8) is 0 Å². The lowest BCUT2D eigenvalue weighted by atomic mass is 9.82. The monoisotopic (exact) mass is 591 g/mol. The number of carbonyl (C=O) groups excluding carboxylic acids is 2. The lowest BCUT2D eigenvalue weighted by molar-refractivity contribution is -0.909. The smallest absolute Gasteiger partial charge is 0.239 e. The first-order chi connectivity index (χ1) is 20.1. The van der Waals surface area contributed by atoms with Crippen molar-refractivity contribution in [2.24, 2.45) is 0 Å². The number of Topliss-reactive ketones (excluding diaryl/α,β-unsaturated/α-hetero) is 1. The molecule has 1 aliphatic heterocycles. The van der Waals surface area contributed by atoms with Crippen molar-refractivity contribution in [1.82, 2.24) is 9.71 Å². The van der Waals surface area contributed by atoms with Gasteiger partial charge in [0.25, 0.3) is 0 Å². The molecule has 0 radical (unpaired) electrons. The molecule has 10 nitrogen and oxygen atoms in total. The van der Waals surface area contributed by atoms with Crippen LogP contribution in [0.1, 0.15) is 59.5 Å². The molecule has 0 saturated carbocycles. The number of ketones is 1. The molecule has 0 bridgehead atoms. The quantitative estimate of drug-likeness (QED) is 0.343. The van der Waals surface area contributed by atoms with E-state index in [0.29, 0.717) is 51.3 Å². The Morgan fingerprint density at radius 3 is 2.40 bits per heavy atom. The number of fused-ring (bicyclic) bond motifs is 2. The third kappa shape index (κ3) is 5.79. The van der Waals surface area contributed by atoms with E-state index < -0.39 is 40.1 Å². The Morgan fingerprint density at radius 2 is 1.71 bits per heavy atom. The largest absolute Gasteiger partial charge is 0.631 e. The lowest BCUT2D eigenvalue weighted by Gasteiger charge is -2.32. The van der Waals surface area contributed by atoms with Crippen molar-refractivity contribution in [2.45, 2.75) is 51.3 Å². The van der Waals surface area contributed by atoms with Crippen LogP contribution in [0.4, 0.5) is 0 Å². The minimum atomic E-state index is -3.98. The zero-order valence-corrected chi connectivity index (χ0v) is 24.4. The highest BCUT2D eigenvalue weighted by Gasteiger charge is 2.52. The van der Waals surface area contributed by atoms with Crippen LogP contribution in [-0.4, -0.2) is 44.5 Å². The number of amides is 1. The van der Waals surface area contributed by atoms with Gasteiger partial charge in [-0.3, -0.25) is 19.3 Å². The number of nitrogens with one attached hydrogen (secondary N) is 2. The second kappa shape index (κ2) is 12.2. The van der Waals surface area contributed by atoms with E-state index in [1.165, 1.54) is 0 Å². The average Bonchev–Trinajstić information content (AvgIpc) is 3.23. The van der Waals surface area contributed by atoms with Gasteiger partial charge in [-0.1, -0.05) is 54.6 Å². The number of rotatable bonds is 10. The SMILES string of the molecule is CCOC1C(=O)C2=C(c3ncccc31)C(OCC)[NH+]([O-])C2c1ccc(CS(=O)(=O)NC(=O)Cc2ccccc2)cc1C. The number of ether oxygens (including phenoxy) is 2. The number of aromatic nitrogens is 1. The second-order valence-corrected chi connectivity index (χ2v) is 12.0. The molecule has 2 aromatic carbocycles. The van der Waals surface area contributed by atoms with Gasteiger partial charge in [-0.2, -0.15) is 0 Å². The first-order valence-corrected chi connectivity index (χ1v) is 15.5. The maximum atomic E-state index is 13.9. The van der Waals surface area contributed by atoms with Crippen LogP contribution in [0.2, 0.25) is 0 Å². The lowest BCUT2D eigenvalue weighted by Crippen LogP contribution is -3.10. The molecular weight excluding hydrogens is 558 g/mol. The Bertz CT molecular complexity index is 1640. The number of sulfonamides is 1. The molecule has 4 unspecified atom stereocenters. The van der Waals surface area contributed by atoms with Crippen molar-refractivity contribution < 1.29 is 32.5 Å². The molecule has 1 amide bonds. The normalized spacial score (nSPS) is 21.7. The van der Waals surface area contributed by atoms with E-state index in [1.807, 2.05) is 6.07 Å². The van der Waals surface area contributed by atoms with Crippen LogP contribution >= 0.6 is 0 Å². The van der Waals surface area contributed by atoms with Crippen molar-refractivity contribution in [2.75, 3.05) is 13.2 Å². The molecule has 2 N–H and O–H groups in total. The van der Waals surface area contributed by atoms with Gasteiger partial charge in [0.15, 0.2) is 5.78 Å². The third-order valence-corrected chi connectivity index (χ3v) is 8.66. The molecule has 0 saturated heterocycles. The van der Waals surface area contributed by atoms with Gasteiger partial charge in [0.2, 0.25) is 22.2 Å². The van der Waals surface area contributed by atoms with Gasteiger partial charge in [-0.15, -0.1) is 0 Å². The zero-order valence-electron chi connectivity index (χ0n) is 23.6. The molecule has 3 aromatic rings. The van der Waals surface area contributed by atoms with Gasteiger partial charge in [0.05, 0.1) is 35.6 Å². The number of quaternary nitrogens is 1. The maximum absolute atomic E-state index is 13.9. The molecule has 2 aliphatic rings. The summed E-state index contributed by atoms with van der Waals surface area (Å²) in [6.07, 6.45) is -0.302. The maximum Gasteiger partial charge on any atom is 0.239 e. The molecule has 220 valence electrons. The van der Waals surface area contributed by atoms with Gasteiger partial charge >= 0.3 is 0 Å². The average molecular weight is 592 g/mol. The number of aryl methyl sites for hydroxylation is 1. The van der Waals surface area contributed by atoms with Crippen molar-refractivity contribution >= 4 is 27.3 Å². The number of benzene rings is 2. The summed E-state index contributed by atoms with van der Waals surface area (Å²) < 4.78 is 39.4. The van der Waals surface area contributed by atoms with Crippen LogP contribution < -0.4 is 9.79 Å². The summed E-state index contributed by atoms with van der Waals surface area (Å²) in [5, 5.41) is 13.6. The first kappa shape index (κ1) is 29.7. The zero-order chi connectivity index (χ0) is 30.0. The molecule has 4 atom stereocenters. The summed E-state index contributed by atoms with van der Waals surface area (Å²) >= 11 is 0. The summed E-state index contributed by atoms with van der Waals surface area (Å²) in [5.74, 6) is -1.35. The predicted molar refractivity (Wildman–Crippen MR) is 155 cm³/mol. The van der Waals surface area contributed by atoms with Crippen molar-refractivity contribution in [3.05, 3.63) is 111 Å². The summed E-state index contributed by atoms with van der Waals surface area (Å²) in [5.41, 5.74) is 4.24. The van der Waals surface area contributed by atoms with Crippen LogP contribution in [0, 0.1) is 12.1 Å². The highest BCUT2D eigenvalue weighted by molar-refractivity contribution is 7.89. The molecule has 1 aliphatic carbocycles. The topological polar surface area (TPSA) is 139 Å². The first-order valence-electron chi connectivity index (χ1n) is 13.8. The van der Waals surface area contributed by atoms with Gasteiger partial charge in [-0.25, -0.2) is 8.42 Å². The number of nitrogens with zero attached hydrogens (tertiary/aromatic N) is 1. The Balaban J connectivity index is 1.45. The van der Waals surface area contributed by atoms with Crippen LogP contribution in [0.15, 0.2) is 72.4 Å². The second-order valence-electron chi connectivity index (χ2n) is 10.3. The van der Waals surface area contributed by atoms with Gasteiger partial charge in [0, 0.05) is 23.9 Å². The van der Waals surface area contributed by atoms with Gasteiger partial charge < -0.3 is 19.7 Å². The van der Waals surface area contributed by atoms with E-state index in [9.17, 15) is 23.2 Å². The van der Waals surface area contributed by atoms with E-state index in [4.69, 9.17) is 9.47 Å². The molecule has 42 heavy (non-hydrogen) atoms. The summed E-state index contributed by atoms with van der Waals surface area (Å²) in [6.45, 7) is 5.91. The minimum Gasteiger partial charge on any atom is -0.631 e. The summed E-state index contributed by atoms with van der Waals surface area (Å²) in [6, 6.07) is 16.4. The van der Waals surface area contributed by atoms with Gasteiger partial charge in [0.1, 0.15) is 12.1 Å². The van der Waals surface area contributed by atoms with Crippen LogP contribution in [0.3, 0.4) is 0 Å². The van der Waals surface area contributed by atoms with Crippen molar-refractivity contribution in [3.8, 4) is 0 Å². The molecule has 2 heterocycles. The van der Waals surface area contributed by atoms with Crippen molar-refractivity contribution in [1.29, 1.82) is 0 Å². The molecule has 1 aromatic heterocycles. The number of carbonyl (C=O) groups is 2. The van der Waals surface area contributed by atoms with E-state index in [-0.39, 0.29) is 23.9 Å². The molecule has 0 spiro atoms. The number of pyridine rings is 1. The highest BCUT2D eigenvalue weighted by atomic mass is 32.2. The fourth-order valence-corrected chi connectivity index (χ4v) is 6.88. The Labute approximate surface area is 245 Å². The predicted octanol–water partition coefficient (Wildman–Crippen LogP) is 2.49. The fourth-order valence-electron chi connectivity index (χ4n) is 5.77. The Hall–Kier alpha value is -3.74. The van der Waals surface area contributed by atoms with Gasteiger partial charge in [-0.05, 0) is 43.5 Å². The molecule has 11 heteroatoms. The summed E-state index contributed by atoms with van der Waals surface area (Å²) in [7, 11) is -3.98. The summed E-state index contributed by atoms with van der Waals surface area (Å²) in [4.78, 5) is 30.8. The standard InChI is InChI=1S/C31H33N3O7S/c1-4-40-30-23-12-9-15-32-27(23)25-26(29(30)36)28(34(37)31(25)41-5-2)22-14-13-21(16-19(22)3)18-42(38,39)33-24(35)17-20-10-7-6-8-11-20/h6-16,28,30-31,34H,4-5,17-18H2,1-3H3,(H,33,35). The molecular formula is C31H33N3O7S. The van der Waals surface area contributed by atoms with E-state index in [2.05, 4.69) is 9.71 Å². The Kier molecular flexibility index (Phi) is 8.67. The minimum absolute atomic E-state index is 0.0605. The molecule has 0 fully saturated rings. The Morgan fingerprint density at radius 1 is 0.976 bits per heavy atom. The van der Waals surface area contributed by atoms with E-state index in [0.717, 1.165) is 0 Å². The van der Waals surface area contributed by atoms with Crippen LogP contribution in [0.5, 0.6) is 0 Å². The third-order valence-electron chi connectivity index (χ3n) is 7.41. The highest BCUT2D eigenvalue weighted by Crippen LogP contribution is 2.45. The fraction of sp³-hybridized carbons (Fsp3) is 0.323. The van der Waals surface area contributed by atoms with Crippen LogP contribution in [0.25, 0.3) is 5.57 Å².